The highest BCUT2D eigenvalue weighted by Crippen LogP contribution is 2.43. The maximum absolute atomic E-state index is 13.7. The number of rotatable bonds is 8. The molecule has 2 aromatic heterocycles. The number of hydrogen-bond donors (Lipinski definition) is 1. The van der Waals surface area contributed by atoms with Crippen molar-refractivity contribution in [1.29, 1.82) is 0 Å². The first-order valence-corrected chi connectivity index (χ1v) is 14.6. The normalized spacial score (nSPS) is 13.9. The van der Waals surface area contributed by atoms with Gasteiger partial charge in [0.05, 0.1) is 22.6 Å². The number of ether oxygens (including phenoxy) is 1. The first kappa shape index (κ1) is 30.4. The van der Waals surface area contributed by atoms with Crippen molar-refractivity contribution in [2.45, 2.75) is 85.1 Å². The summed E-state index contributed by atoms with van der Waals surface area (Å²) in [5, 5.41) is 4.74. The molecule has 2 atom stereocenters. The summed E-state index contributed by atoms with van der Waals surface area (Å²) in [5.41, 5.74) is 2.37. The number of carbonyl (C=O) groups is 2. The quantitative estimate of drug-likeness (QED) is 0.174. The Morgan fingerprint density at radius 1 is 1.13 bits per heavy atom. The van der Waals surface area contributed by atoms with Gasteiger partial charge in [0.25, 0.3) is 0 Å². The van der Waals surface area contributed by atoms with Crippen LogP contribution >= 0.6 is 22.9 Å². The molecule has 2 heterocycles. The minimum atomic E-state index is -1.53. The topological polar surface area (TPSA) is 104 Å². The van der Waals surface area contributed by atoms with Crippen LogP contribution in [0.5, 0.6) is 0 Å². The summed E-state index contributed by atoms with van der Waals surface area (Å²) in [7, 11) is 0. The Morgan fingerprint density at radius 3 is 2.29 bits per heavy atom. The molecule has 1 unspecified atom stereocenters. The molecule has 0 saturated carbocycles. The van der Waals surface area contributed by atoms with Gasteiger partial charge in [0.2, 0.25) is 0 Å². The van der Waals surface area contributed by atoms with Crippen LogP contribution in [0.25, 0.3) is 10.4 Å². The summed E-state index contributed by atoms with van der Waals surface area (Å²) in [6.45, 7) is 16.5. The molecule has 206 valence electrons. The molecule has 0 saturated heterocycles. The molecule has 7 nitrogen and oxygen atoms in total. The first-order chi connectivity index (χ1) is 17.5. The van der Waals surface area contributed by atoms with Crippen molar-refractivity contribution in [3.8, 4) is 10.4 Å². The summed E-state index contributed by atoms with van der Waals surface area (Å²) in [6.07, 6.45) is -0.134. The molecule has 0 fully saturated rings. The fraction of sp³-hybridized carbons (Fsp3) is 0.464. The van der Waals surface area contributed by atoms with E-state index in [0.29, 0.717) is 38.0 Å². The fourth-order valence-electron chi connectivity index (χ4n) is 3.77. The molecule has 0 aliphatic carbocycles. The van der Waals surface area contributed by atoms with Gasteiger partial charge in [0.15, 0.2) is 11.5 Å². The number of nitrogens with one attached hydrogen (secondary N) is 1. The van der Waals surface area contributed by atoms with Crippen LogP contribution in [0.3, 0.4) is 0 Å². The van der Waals surface area contributed by atoms with Crippen LogP contribution in [-0.4, -0.2) is 31.8 Å². The summed E-state index contributed by atoms with van der Waals surface area (Å²) in [6, 6.07) is 5.95. The van der Waals surface area contributed by atoms with Crippen molar-refractivity contribution in [1.82, 2.24) is 9.88 Å². The van der Waals surface area contributed by atoms with Crippen molar-refractivity contribution in [2.24, 2.45) is 0 Å². The zero-order valence-electron chi connectivity index (χ0n) is 23.3. The highest BCUT2D eigenvalue weighted by molar-refractivity contribution is 7.90. The Bertz CT molecular complexity index is 1320. The van der Waals surface area contributed by atoms with Gasteiger partial charge >= 0.3 is 5.97 Å². The number of thiophene rings is 1. The van der Waals surface area contributed by atoms with Crippen LogP contribution < -0.4 is 4.72 Å². The lowest BCUT2D eigenvalue weighted by Gasteiger charge is -2.28. The molecule has 0 aliphatic rings. The van der Waals surface area contributed by atoms with E-state index in [1.165, 1.54) is 11.3 Å². The number of benzene rings is 1. The number of aryl methyl sites for hydroxylation is 2. The first-order valence-electron chi connectivity index (χ1n) is 12.3. The molecule has 1 aromatic carbocycles. The molecule has 10 heteroatoms. The van der Waals surface area contributed by atoms with E-state index >= 15 is 0 Å². The Balaban J connectivity index is 2.14. The second-order valence-corrected chi connectivity index (χ2v) is 14.8. The molecule has 0 bridgehead atoms. The maximum Gasteiger partial charge on any atom is 0.308 e. The van der Waals surface area contributed by atoms with E-state index in [4.69, 9.17) is 20.9 Å². The SMILES string of the molecule is Cc1noc([C@H](CC(=O)OC(C)(C)C)N[S+]([O-])C(C)(C)C)c1-c1sc(C)c(C)c1C(=O)c1ccc(Cl)cc1. The Labute approximate surface area is 236 Å². The van der Waals surface area contributed by atoms with E-state index in [1.54, 1.807) is 52.0 Å². The van der Waals surface area contributed by atoms with Gasteiger partial charge in [-0.2, -0.15) is 0 Å². The van der Waals surface area contributed by atoms with E-state index in [9.17, 15) is 14.1 Å². The predicted octanol–water partition coefficient (Wildman–Crippen LogP) is 7.04. The van der Waals surface area contributed by atoms with E-state index in [2.05, 4.69) is 9.88 Å². The number of nitrogens with zero attached hydrogens (tertiary/aromatic N) is 1. The van der Waals surface area contributed by atoms with Crippen molar-refractivity contribution >= 4 is 46.1 Å². The monoisotopic (exact) mass is 578 g/mol. The average Bonchev–Trinajstić information content (AvgIpc) is 3.30. The van der Waals surface area contributed by atoms with E-state index in [0.717, 1.165) is 10.4 Å². The minimum absolute atomic E-state index is 0.134. The Hall–Kier alpha value is -2.17. The zero-order valence-corrected chi connectivity index (χ0v) is 25.7. The van der Waals surface area contributed by atoms with Crippen molar-refractivity contribution in [2.75, 3.05) is 0 Å². The Kier molecular flexibility index (Phi) is 9.21. The number of ketones is 1. The predicted molar refractivity (Wildman–Crippen MR) is 153 cm³/mol. The molecule has 0 radical (unpaired) electrons. The summed E-state index contributed by atoms with van der Waals surface area (Å²) in [4.78, 5) is 28.3. The van der Waals surface area contributed by atoms with Gasteiger partial charge in [0, 0.05) is 32.4 Å². The average molecular weight is 579 g/mol. The molecule has 0 amide bonds. The molecule has 0 aliphatic heterocycles. The molecule has 3 aromatic rings. The Morgan fingerprint density at radius 2 is 1.74 bits per heavy atom. The van der Waals surface area contributed by atoms with E-state index in [-0.39, 0.29) is 12.2 Å². The van der Waals surface area contributed by atoms with Crippen molar-refractivity contribution < 1.29 is 23.4 Å². The third-order valence-electron chi connectivity index (χ3n) is 5.75. The number of carbonyl (C=O) groups excluding carboxylic acids is 2. The van der Waals surface area contributed by atoms with E-state index < -0.39 is 33.7 Å². The lowest BCUT2D eigenvalue weighted by molar-refractivity contribution is -0.155. The van der Waals surface area contributed by atoms with Crippen molar-refractivity contribution in [3.05, 3.63) is 62.3 Å². The number of aromatic nitrogens is 1. The van der Waals surface area contributed by atoms with Crippen LogP contribution in [0.15, 0.2) is 28.8 Å². The second kappa shape index (κ2) is 11.5. The summed E-state index contributed by atoms with van der Waals surface area (Å²) in [5.74, 6) is -0.297. The smallest absolute Gasteiger partial charge is 0.308 e. The van der Waals surface area contributed by atoms with Gasteiger partial charge in [-0.15, -0.1) is 16.1 Å². The van der Waals surface area contributed by atoms with Crippen LogP contribution in [0.4, 0.5) is 0 Å². The standard InChI is InChI=1S/C28H35ClN2O5S2/c1-15-17(3)37-26(22(15)24(33)18-10-12-19(29)13-11-18)23-16(2)30-36-25(23)20(31-38(34)28(7,8)9)14-21(32)35-27(4,5)6/h10-13,20,31H,14H2,1-9H3/t20-,38?/m0/s1. The van der Waals surface area contributed by atoms with Gasteiger partial charge < -0.3 is 13.8 Å². The summed E-state index contributed by atoms with van der Waals surface area (Å²) >= 11 is 5.97. The maximum atomic E-state index is 13.7. The number of halogens is 1. The van der Waals surface area contributed by atoms with Gasteiger partial charge in [-0.25, -0.2) is 0 Å². The lowest BCUT2D eigenvalue weighted by Crippen LogP contribution is -2.42. The van der Waals surface area contributed by atoms with Gasteiger partial charge in [0.1, 0.15) is 16.4 Å². The van der Waals surface area contributed by atoms with Gasteiger partial charge in [-0.3, -0.25) is 9.59 Å². The highest BCUT2D eigenvalue weighted by Gasteiger charge is 2.37. The van der Waals surface area contributed by atoms with Gasteiger partial charge in [-0.1, -0.05) is 16.8 Å². The minimum Gasteiger partial charge on any atom is -0.598 e. The fourth-order valence-corrected chi connectivity index (χ4v) is 5.95. The highest BCUT2D eigenvalue weighted by atomic mass is 35.5. The molecular weight excluding hydrogens is 544 g/mol. The van der Waals surface area contributed by atoms with Crippen LogP contribution in [-0.2, 0) is 20.9 Å². The largest absolute Gasteiger partial charge is 0.598 e. The number of esters is 1. The third-order valence-corrected chi connectivity index (χ3v) is 8.84. The van der Waals surface area contributed by atoms with Crippen LogP contribution in [0.1, 0.15) is 91.8 Å². The summed E-state index contributed by atoms with van der Waals surface area (Å²) < 4.78 is 26.9. The third kappa shape index (κ3) is 7.07. The molecule has 1 N–H and O–H groups in total. The molecular formula is C28H35ClN2O5S2. The van der Waals surface area contributed by atoms with Crippen LogP contribution in [0, 0.1) is 20.8 Å². The molecule has 38 heavy (non-hydrogen) atoms. The molecule has 3 rings (SSSR count). The van der Waals surface area contributed by atoms with Crippen molar-refractivity contribution in [3.63, 3.8) is 0 Å². The number of hydrogen-bond acceptors (Lipinski definition) is 8. The zero-order chi connectivity index (χ0) is 28.6. The van der Waals surface area contributed by atoms with Gasteiger partial charge in [-0.05, 0) is 92.1 Å². The van der Waals surface area contributed by atoms with Crippen LogP contribution in [0.2, 0.25) is 5.02 Å². The van der Waals surface area contributed by atoms with E-state index in [1.807, 2.05) is 34.6 Å². The lowest BCUT2D eigenvalue weighted by atomic mass is 9.95. The molecule has 0 spiro atoms. The second-order valence-electron chi connectivity index (χ2n) is 11.2.